The van der Waals surface area contributed by atoms with Gasteiger partial charge in [-0.25, -0.2) is 0 Å². The fraction of sp³-hybridized carbons (Fsp3) is 0.909. The lowest BCUT2D eigenvalue weighted by Crippen LogP contribution is -2.14. The predicted octanol–water partition coefficient (Wildman–Crippen LogP) is 3.99. The highest BCUT2D eigenvalue weighted by atomic mass is 16.5. The zero-order chi connectivity index (χ0) is 20.9. The highest BCUT2D eigenvalue weighted by Crippen LogP contribution is 2.10. The Morgan fingerprint density at radius 2 is 1.18 bits per heavy atom. The van der Waals surface area contributed by atoms with Crippen LogP contribution in [0.25, 0.3) is 0 Å². The van der Waals surface area contributed by atoms with E-state index < -0.39 is 0 Å². The summed E-state index contributed by atoms with van der Waals surface area (Å²) in [4.78, 5) is 23.3. The first-order valence-corrected chi connectivity index (χ1v) is 10.9. The number of hydrogen-bond donors (Lipinski definition) is 0. The number of carbonyl (C=O) groups excluding carboxylic acids is 2. The van der Waals surface area contributed by atoms with Gasteiger partial charge in [0.15, 0.2) is 11.6 Å². The van der Waals surface area contributed by atoms with E-state index >= 15 is 0 Å². The molecule has 28 heavy (non-hydrogen) atoms. The van der Waals surface area contributed by atoms with Crippen molar-refractivity contribution in [2.75, 3.05) is 52.9 Å². The molecule has 0 spiro atoms. The maximum absolute atomic E-state index is 11.7. The average molecular weight is 403 g/mol. The zero-order valence-electron chi connectivity index (χ0n) is 18.3. The van der Waals surface area contributed by atoms with Crippen molar-refractivity contribution in [2.24, 2.45) is 5.92 Å². The smallest absolute Gasteiger partial charge is 0.158 e. The van der Waals surface area contributed by atoms with Gasteiger partial charge in [-0.05, 0) is 25.7 Å². The summed E-state index contributed by atoms with van der Waals surface area (Å²) in [5.74, 6) is 1.01. The molecule has 0 bridgehead atoms. The van der Waals surface area contributed by atoms with Gasteiger partial charge >= 0.3 is 0 Å². The number of ketones is 2. The third kappa shape index (κ3) is 21.5. The van der Waals surface area contributed by atoms with E-state index in [0.717, 1.165) is 18.8 Å². The molecule has 0 rings (SSSR count). The molecule has 0 aromatic heterocycles. The minimum Gasteiger partial charge on any atom is -0.379 e. The number of carbonyl (C=O) groups is 2. The highest BCUT2D eigenvalue weighted by Gasteiger charge is 2.04. The van der Waals surface area contributed by atoms with Gasteiger partial charge in [-0.2, -0.15) is 0 Å². The van der Waals surface area contributed by atoms with Crippen LogP contribution in [0.3, 0.4) is 0 Å². The molecule has 0 radical (unpaired) electrons. The molecule has 0 amide bonds. The van der Waals surface area contributed by atoms with Crippen molar-refractivity contribution in [3.05, 3.63) is 0 Å². The third-order valence-corrected chi connectivity index (χ3v) is 4.21. The Balaban J connectivity index is 3.27. The summed E-state index contributed by atoms with van der Waals surface area (Å²) in [7, 11) is 0. The number of ether oxygens (including phenoxy) is 4. The van der Waals surface area contributed by atoms with Crippen LogP contribution in [0.4, 0.5) is 0 Å². The maximum atomic E-state index is 11.7. The standard InChI is InChI=1S/C22H42O6/c1-4-25-14-16-27-19-22(24)12-9-13-26-15-17-28-18-21(23)11-8-6-5-7-10-20(2)3/h20H,4-19H2,1-3H3. The van der Waals surface area contributed by atoms with Crippen molar-refractivity contribution in [3.63, 3.8) is 0 Å². The van der Waals surface area contributed by atoms with Crippen molar-refractivity contribution >= 4 is 11.6 Å². The van der Waals surface area contributed by atoms with Crippen molar-refractivity contribution in [1.82, 2.24) is 0 Å². The monoisotopic (exact) mass is 402 g/mol. The second-order valence-electron chi connectivity index (χ2n) is 7.44. The topological polar surface area (TPSA) is 71.1 Å². The van der Waals surface area contributed by atoms with Crippen LogP contribution in [0.2, 0.25) is 0 Å². The number of rotatable bonds is 22. The molecule has 0 atom stereocenters. The average Bonchev–Trinajstić information content (AvgIpc) is 2.66. The molecule has 0 heterocycles. The van der Waals surface area contributed by atoms with Gasteiger partial charge in [0.2, 0.25) is 0 Å². The molecule has 0 aliphatic heterocycles. The number of Topliss-reactive ketones (excluding diaryl/α,β-unsaturated/α-hetero) is 2. The van der Waals surface area contributed by atoms with Gasteiger partial charge < -0.3 is 18.9 Å². The molecule has 0 aromatic rings. The second-order valence-corrected chi connectivity index (χ2v) is 7.44. The van der Waals surface area contributed by atoms with Gasteiger partial charge in [0.25, 0.3) is 0 Å². The van der Waals surface area contributed by atoms with E-state index in [2.05, 4.69) is 13.8 Å². The van der Waals surface area contributed by atoms with Crippen LogP contribution >= 0.6 is 0 Å². The van der Waals surface area contributed by atoms with Gasteiger partial charge in [-0.1, -0.05) is 39.5 Å². The molecule has 0 aliphatic rings. The summed E-state index contributed by atoms with van der Waals surface area (Å²) in [6.07, 6.45) is 7.55. The van der Waals surface area contributed by atoms with Gasteiger partial charge in [0.05, 0.1) is 26.4 Å². The molecule has 0 saturated heterocycles. The highest BCUT2D eigenvalue weighted by molar-refractivity contribution is 5.79. The molecule has 0 aliphatic carbocycles. The molecule has 6 nitrogen and oxygen atoms in total. The Morgan fingerprint density at radius 3 is 1.79 bits per heavy atom. The van der Waals surface area contributed by atoms with Crippen molar-refractivity contribution in [2.45, 2.75) is 72.1 Å². The van der Waals surface area contributed by atoms with E-state index in [0.29, 0.717) is 58.9 Å². The summed E-state index contributed by atoms with van der Waals surface area (Å²) in [5.41, 5.74) is 0. The first-order chi connectivity index (χ1) is 13.6. The Hall–Kier alpha value is -0.820. The van der Waals surface area contributed by atoms with E-state index in [1.54, 1.807) is 0 Å². The Morgan fingerprint density at radius 1 is 0.643 bits per heavy atom. The Bertz CT molecular complexity index is 370. The largest absolute Gasteiger partial charge is 0.379 e. The maximum Gasteiger partial charge on any atom is 0.158 e. The van der Waals surface area contributed by atoms with Crippen LogP contribution in [0.5, 0.6) is 0 Å². The summed E-state index contributed by atoms with van der Waals surface area (Å²) in [6.45, 7) is 9.71. The zero-order valence-corrected chi connectivity index (χ0v) is 18.3. The summed E-state index contributed by atoms with van der Waals surface area (Å²) >= 11 is 0. The normalized spacial score (nSPS) is 11.3. The fourth-order valence-corrected chi connectivity index (χ4v) is 2.60. The molecular formula is C22H42O6. The lowest BCUT2D eigenvalue weighted by molar-refractivity contribution is -0.125. The van der Waals surface area contributed by atoms with Crippen LogP contribution in [0.1, 0.15) is 72.1 Å². The van der Waals surface area contributed by atoms with Crippen LogP contribution in [0.15, 0.2) is 0 Å². The van der Waals surface area contributed by atoms with Crippen molar-refractivity contribution in [3.8, 4) is 0 Å². The molecule has 0 N–H and O–H groups in total. The SMILES string of the molecule is CCOCCOCC(=O)CCCOCCOCC(=O)CCCCCCC(C)C. The first-order valence-electron chi connectivity index (χ1n) is 10.9. The van der Waals surface area contributed by atoms with E-state index in [1.807, 2.05) is 6.92 Å². The van der Waals surface area contributed by atoms with E-state index in [1.165, 1.54) is 19.3 Å². The minimum atomic E-state index is 0.0751. The molecule has 0 unspecified atom stereocenters. The minimum absolute atomic E-state index is 0.0751. The van der Waals surface area contributed by atoms with Gasteiger partial charge in [-0.15, -0.1) is 0 Å². The summed E-state index contributed by atoms with van der Waals surface area (Å²) in [6, 6.07) is 0. The summed E-state index contributed by atoms with van der Waals surface area (Å²) < 4.78 is 21.1. The molecule has 166 valence electrons. The van der Waals surface area contributed by atoms with Crippen LogP contribution in [-0.2, 0) is 28.5 Å². The van der Waals surface area contributed by atoms with E-state index in [9.17, 15) is 9.59 Å². The van der Waals surface area contributed by atoms with Crippen molar-refractivity contribution < 1.29 is 28.5 Å². The molecule has 0 fully saturated rings. The fourth-order valence-electron chi connectivity index (χ4n) is 2.60. The van der Waals surface area contributed by atoms with Crippen LogP contribution < -0.4 is 0 Å². The quantitative estimate of drug-likeness (QED) is 0.255. The van der Waals surface area contributed by atoms with Crippen LogP contribution in [0, 0.1) is 5.92 Å². The summed E-state index contributed by atoms with van der Waals surface area (Å²) in [5, 5.41) is 0. The number of hydrogen-bond acceptors (Lipinski definition) is 6. The van der Waals surface area contributed by atoms with Crippen LogP contribution in [-0.4, -0.2) is 64.4 Å². The molecule has 0 saturated carbocycles. The lowest BCUT2D eigenvalue weighted by atomic mass is 10.0. The Labute approximate surface area is 171 Å². The molecule has 0 aromatic carbocycles. The third-order valence-electron chi connectivity index (χ3n) is 4.21. The van der Waals surface area contributed by atoms with Gasteiger partial charge in [-0.3, -0.25) is 9.59 Å². The van der Waals surface area contributed by atoms with E-state index in [4.69, 9.17) is 18.9 Å². The van der Waals surface area contributed by atoms with Gasteiger partial charge in [0, 0.05) is 26.1 Å². The number of unbranched alkanes of at least 4 members (excludes halogenated alkanes) is 3. The predicted molar refractivity (Wildman–Crippen MR) is 111 cm³/mol. The second kappa shape index (κ2) is 20.9. The Kier molecular flexibility index (Phi) is 20.3. The van der Waals surface area contributed by atoms with Gasteiger partial charge in [0.1, 0.15) is 13.2 Å². The molecule has 6 heteroatoms. The first kappa shape index (κ1) is 27.2. The van der Waals surface area contributed by atoms with E-state index in [-0.39, 0.29) is 24.8 Å². The molecular weight excluding hydrogens is 360 g/mol. The lowest BCUT2D eigenvalue weighted by Gasteiger charge is -2.06. The van der Waals surface area contributed by atoms with Crippen molar-refractivity contribution in [1.29, 1.82) is 0 Å².